The Morgan fingerprint density at radius 1 is 1.00 bits per heavy atom. The number of nitrogens with zero attached hydrogens (tertiary/aromatic N) is 1. The summed E-state index contributed by atoms with van der Waals surface area (Å²) in [6.07, 6.45) is 8.44. The summed E-state index contributed by atoms with van der Waals surface area (Å²) in [5, 5.41) is 0. The van der Waals surface area contributed by atoms with Crippen molar-refractivity contribution in [3.63, 3.8) is 0 Å². The summed E-state index contributed by atoms with van der Waals surface area (Å²) < 4.78 is 26.0. The highest BCUT2D eigenvalue weighted by Gasteiger charge is 2.19. The van der Waals surface area contributed by atoms with E-state index >= 15 is 0 Å². The fourth-order valence-electron chi connectivity index (χ4n) is 2.70. The summed E-state index contributed by atoms with van der Waals surface area (Å²) in [7, 11) is -4.11. The van der Waals surface area contributed by atoms with Crippen LogP contribution in [-0.4, -0.2) is 17.4 Å². The zero-order valence-corrected chi connectivity index (χ0v) is 17.1. The average Bonchev–Trinajstić information content (AvgIpc) is 2.65. The van der Waals surface area contributed by atoms with Crippen molar-refractivity contribution >= 4 is 10.0 Å². The van der Waals surface area contributed by atoms with Crippen molar-refractivity contribution in [2.45, 2.75) is 63.7 Å². The smallest absolute Gasteiger partial charge is 0.272 e. The molecule has 0 aliphatic rings. The van der Waals surface area contributed by atoms with Crippen LogP contribution in [-0.2, 0) is 10.0 Å². The van der Waals surface area contributed by atoms with E-state index in [9.17, 15) is 18.0 Å². The minimum Gasteiger partial charge on any atom is -0.272 e. The molecule has 0 aliphatic heterocycles. The number of hydrogen-bond acceptors (Lipinski definition) is 4. The lowest BCUT2D eigenvalue weighted by molar-refractivity contribution is 0.583. The Kier molecular flexibility index (Phi) is 7.82. The molecular weight excluding hydrogens is 376 g/mol. The first kappa shape index (κ1) is 21.7. The Balaban J connectivity index is 2.19. The maximum absolute atomic E-state index is 12.7. The maximum Gasteiger partial charge on any atom is 0.342 e. The molecule has 28 heavy (non-hydrogen) atoms. The highest BCUT2D eigenvalue weighted by molar-refractivity contribution is 7.90. The van der Waals surface area contributed by atoms with E-state index < -0.39 is 21.3 Å². The van der Waals surface area contributed by atoms with Crippen LogP contribution in [0.1, 0.15) is 63.0 Å². The number of rotatable bonds is 8. The van der Waals surface area contributed by atoms with Crippen molar-refractivity contribution in [3.05, 3.63) is 62.4 Å². The molecule has 0 atom stereocenters. The summed E-state index contributed by atoms with van der Waals surface area (Å²) in [6.45, 7) is 4.00. The maximum atomic E-state index is 12.7. The number of hydrogen-bond donors (Lipinski definition) is 1. The van der Waals surface area contributed by atoms with Crippen molar-refractivity contribution in [2.75, 3.05) is 0 Å². The van der Waals surface area contributed by atoms with Gasteiger partial charge in [-0.3, -0.25) is 9.78 Å². The Hall–Kier alpha value is -2.59. The van der Waals surface area contributed by atoms with Crippen molar-refractivity contribution in [2.24, 2.45) is 0 Å². The lowest BCUT2D eigenvalue weighted by Gasteiger charge is -2.07. The van der Waals surface area contributed by atoms with Gasteiger partial charge in [0, 0.05) is 12.6 Å². The summed E-state index contributed by atoms with van der Waals surface area (Å²) in [5.74, 6) is 5.60. The molecule has 1 N–H and O–H groups in total. The first-order valence-corrected chi connectivity index (χ1v) is 11.0. The van der Waals surface area contributed by atoms with Crippen LogP contribution in [0.3, 0.4) is 0 Å². The van der Waals surface area contributed by atoms with Crippen LogP contribution in [0.5, 0.6) is 0 Å². The predicted octanol–water partition coefficient (Wildman–Crippen LogP) is 3.18. The first-order valence-electron chi connectivity index (χ1n) is 9.53. The molecule has 1 aromatic heterocycles. The Morgan fingerprint density at radius 3 is 2.32 bits per heavy atom. The monoisotopic (exact) mass is 402 g/mol. The van der Waals surface area contributed by atoms with Gasteiger partial charge in [-0.1, -0.05) is 68.6 Å². The second-order valence-corrected chi connectivity index (χ2v) is 8.55. The van der Waals surface area contributed by atoms with Crippen LogP contribution < -0.4 is 11.2 Å². The number of nitrogens with one attached hydrogen (secondary N) is 1. The molecular formula is C21H26N2O4S. The van der Waals surface area contributed by atoms with Gasteiger partial charge in [-0.2, -0.15) is 3.97 Å². The van der Waals surface area contributed by atoms with Gasteiger partial charge in [-0.05, 0) is 25.5 Å². The molecule has 0 unspecified atom stereocenters. The van der Waals surface area contributed by atoms with Gasteiger partial charge < -0.3 is 0 Å². The van der Waals surface area contributed by atoms with E-state index in [1.54, 1.807) is 12.1 Å². The number of H-pyrrole nitrogens is 1. The molecule has 2 rings (SSSR count). The molecule has 0 fully saturated rings. The molecule has 0 aliphatic carbocycles. The van der Waals surface area contributed by atoms with Crippen LogP contribution in [0.2, 0.25) is 0 Å². The molecule has 150 valence electrons. The highest BCUT2D eigenvalue weighted by Crippen LogP contribution is 2.12. The molecule has 1 aromatic carbocycles. The molecule has 0 bridgehead atoms. The second kappa shape index (κ2) is 10.1. The van der Waals surface area contributed by atoms with E-state index in [0.29, 0.717) is 10.4 Å². The van der Waals surface area contributed by atoms with Crippen LogP contribution in [0.25, 0.3) is 0 Å². The largest absolute Gasteiger partial charge is 0.342 e. The van der Waals surface area contributed by atoms with Crippen LogP contribution >= 0.6 is 0 Å². The molecule has 6 nitrogen and oxygen atoms in total. The fourth-order valence-corrected chi connectivity index (χ4v) is 3.91. The van der Waals surface area contributed by atoms with E-state index in [0.717, 1.165) is 31.0 Å². The van der Waals surface area contributed by atoms with Gasteiger partial charge in [-0.25, -0.2) is 13.2 Å². The zero-order valence-electron chi connectivity index (χ0n) is 16.3. The van der Waals surface area contributed by atoms with Gasteiger partial charge >= 0.3 is 5.69 Å². The van der Waals surface area contributed by atoms with E-state index in [4.69, 9.17) is 0 Å². The minimum absolute atomic E-state index is 0.0294. The van der Waals surface area contributed by atoms with Crippen LogP contribution in [0, 0.1) is 18.8 Å². The lowest BCUT2D eigenvalue weighted by Crippen LogP contribution is -2.35. The summed E-state index contributed by atoms with van der Waals surface area (Å²) in [4.78, 5) is 26.0. The predicted molar refractivity (Wildman–Crippen MR) is 110 cm³/mol. The molecule has 7 heteroatoms. The topological polar surface area (TPSA) is 89.0 Å². The Morgan fingerprint density at radius 2 is 1.64 bits per heavy atom. The summed E-state index contributed by atoms with van der Waals surface area (Å²) in [6, 6.07) is 6.13. The summed E-state index contributed by atoms with van der Waals surface area (Å²) in [5.41, 5.74) is -0.835. The summed E-state index contributed by atoms with van der Waals surface area (Å²) >= 11 is 0. The SMILES string of the molecule is CCCCCCCCC#Cc1cn(S(=O)(=O)c2ccc(C)cc2)c(=O)[nH]c1=O. The molecule has 0 saturated carbocycles. The van der Waals surface area contributed by atoms with E-state index in [1.165, 1.54) is 31.4 Å². The number of benzene rings is 1. The lowest BCUT2D eigenvalue weighted by atomic mass is 10.1. The van der Waals surface area contributed by atoms with Gasteiger partial charge in [0.2, 0.25) is 0 Å². The average molecular weight is 403 g/mol. The minimum atomic E-state index is -4.11. The van der Waals surface area contributed by atoms with Crippen molar-refractivity contribution in [1.82, 2.24) is 8.96 Å². The fraction of sp³-hybridized carbons (Fsp3) is 0.429. The number of unbranched alkanes of at least 4 members (excludes halogenated alkanes) is 6. The van der Waals surface area contributed by atoms with Gasteiger partial charge in [-0.15, -0.1) is 0 Å². The van der Waals surface area contributed by atoms with Gasteiger partial charge in [0.15, 0.2) is 0 Å². The zero-order chi connectivity index (χ0) is 20.6. The van der Waals surface area contributed by atoms with Crippen LogP contribution in [0.4, 0.5) is 0 Å². The highest BCUT2D eigenvalue weighted by atomic mass is 32.2. The molecule has 0 saturated heterocycles. The van der Waals surface area contributed by atoms with Crippen molar-refractivity contribution in [3.8, 4) is 11.8 Å². The van der Waals surface area contributed by atoms with E-state index in [1.807, 2.05) is 11.9 Å². The molecule has 2 aromatic rings. The Labute approximate surface area is 165 Å². The Bertz CT molecular complexity index is 1070. The van der Waals surface area contributed by atoms with Gasteiger partial charge in [0.05, 0.1) is 4.90 Å². The van der Waals surface area contributed by atoms with E-state index in [2.05, 4.69) is 18.8 Å². The first-order chi connectivity index (χ1) is 13.4. The number of aryl methyl sites for hydroxylation is 1. The molecule has 0 radical (unpaired) electrons. The normalized spacial score (nSPS) is 11.1. The quantitative estimate of drug-likeness (QED) is 0.542. The van der Waals surface area contributed by atoms with Crippen LogP contribution in [0.15, 0.2) is 44.9 Å². The standard InChI is InChI=1S/C21H26N2O4S/c1-3-4-5-6-7-8-9-10-11-18-16-23(21(25)22-20(18)24)28(26,27)19-14-12-17(2)13-15-19/h12-16H,3-9H2,1-2H3,(H,22,24,25). The molecule has 0 spiro atoms. The number of aromatic amines is 1. The van der Waals surface area contributed by atoms with Crippen molar-refractivity contribution in [1.29, 1.82) is 0 Å². The third-order valence-electron chi connectivity index (χ3n) is 4.37. The second-order valence-electron chi connectivity index (χ2n) is 6.74. The molecule has 0 amide bonds. The third kappa shape index (κ3) is 5.70. The number of aromatic nitrogens is 2. The van der Waals surface area contributed by atoms with Gasteiger partial charge in [0.1, 0.15) is 5.56 Å². The van der Waals surface area contributed by atoms with E-state index in [-0.39, 0.29) is 10.5 Å². The molecule has 1 heterocycles. The third-order valence-corrected chi connectivity index (χ3v) is 6.02. The van der Waals surface area contributed by atoms with Crippen molar-refractivity contribution < 1.29 is 8.42 Å². The van der Waals surface area contributed by atoms with Gasteiger partial charge in [0.25, 0.3) is 15.6 Å².